The van der Waals surface area contributed by atoms with Gasteiger partial charge in [-0.2, -0.15) is 0 Å². The Morgan fingerprint density at radius 2 is 1.61 bits per heavy atom. The van der Waals surface area contributed by atoms with Gasteiger partial charge in [0.2, 0.25) is 0 Å². The lowest BCUT2D eigenvalue weighted by Gasteiger charge is -2.32. The van der Waals surface area contributed by atoms with E-state index >= 15 is 0 Å². The predicted molar refractivity (Wildman–Crippen MR) is 122 cm³/mol. The van der Waals surface area contributed by atoms with Gasteiger partial charge in [-0.25, -0.2) is 0 Å². The van der Waals surface area contributed by atoms with E-state index in [0.717, 1.165) is 42.8 Å². The second-order valence-corrected chi connectivity index (χ2v) is 8.70. The molecule has 0 aromatic heterocycles. The van der Waals surface area contributed by atoms with E-state index in [9.17, 15) is 9.59 Å². The van der Waals surface area contributed by atoms with Crippen LogP contribution in [0.15, 0.2) is 54.2 Å². The molecule has 4 rings (SSSR count). The lowest BCUT2D eigenvalue weighted by atomic mass is 9.97. The highest BCUT2D eigenvalue weighted by molar-refractivity contribution is 6.36. The van der Waals surface area contributed by atoms with Crippen molar-refractivity contribution < 1.29 is 14.3 Å². The first-order chi connectivity index (χ1) is 15.0. The molecule has 2 aromatic carbocycles. The van der Waals surface area contributed by atoms with Crippen LogP contribution in [0, 0.1) is 5.92 Å². The van der Waals surface area contributed by atoms with Crippen LogP contribution in [0.3, 0.4) is 0 Å². The number of carbonyl (C=O) groups excluding carboxylic acids is 2. The second-order valence-electron chi connectivity index (χ2n) is 8.26. The summed E-state index contributed by atoms with van der Waals surface area (Å²) < 4.78 is 5.20. The monoisotopic (exact) mass is 438 g/mol. The Morgan fingerprint density at radius 3 is 2.23 bits per heavy atom. The molecule has 0 aliphatic carbocycles. The zero-order chi connectivity index (χ0) is 22.0. The third kappa shape index (κ3) is 4.47. The molecule has 0 spiro atoms. The molecule has 2 aliphatic heterocycles. The first-order valence-corrected chi connectivity index (χ1v) is 11.1. The van der Waals surface area contributed by atoms with Gasteiger partial charge < -0.3 is 9.64 Å². The third-order valence-electron chi connectivity index (χ3n) is 6.16. The SMILES string of the molecule is COc1ccc(CCN2C(=O)C(c3ccc(Cl)cc3)=C(N3CCC(C)CC3)C2=O)cc1. The second kappa shape index (κ2) is 9.15. The summed E-state index contributed by atoms with van der Waals surface area (Å²) in [5.74, 6) is 0.993. The van der Waals surface area contributed by atoms with Gasteiger partial charge in [0, 0.05) is 24.7 Å². The molecule has 0 bridgehead atoms. The molecule has 0 atom stereocenters. The lowest BCUT2D eigenvalue weighted by molar-refractivity contribution is -0.137. The fraction of sp³-hybridized carbons (Fsp3) is 0.360. The number of nitrogens with zero attached hydrogens (tertiary/aromatic N) is 2. The highest BCUT2D eigenvalue weighted by Crippen LogP contribution is 2.34. The summed E-state index contributed by atoms with van der Waals surface area (Å²) >= 11 is 6.05. The number of carbonyl (C=O) groups is 2. The number of piperidine rings is 1. The number of likely N-dealkylation sites (tertiary alicyclic amines) is 1. The Hall–Kier alpha value is -2.79. The van der Waals surface area contributed by atoms with Gasteiger partial charge in [0.25, 0.3) is 11.8 Å². The summed E-state index contributed by atoms with van der Waals surface area (Å²) in [6.45, 7) is 4.15. The van der Waals surface area contributed by atoms with E-state index in [4.69, 9.17) is 16.3 Å². The number of methoxy groups -OCH3 is 1. The molecule has 162 valence electrons. The summed E-state index contributed by atoms with van der Waals surface area (Å²) in [5.41, 5.74) is 2.82. The average Bonchev–Trinajstić information content (AvgIpc) is 3.03. The van der Waals surface area contributed by atoms with Gasteiger partial charge in [0.15, 0.2) is 0 Å². The molecule has 6 heteroatoms. The molecule has 2 aliphatic rings. The number of hydrogen-bond donors (Lipinski definition) is 0. The van der Waals surface area contributed by atoms with Crippen LogP contribution >= 0.6 is 11.6 Å². The predicted octanol–water partition coefficient (Wildman–Crippen LogP) is 4.40. The highest BCUT2D eigenvalue weighted by atomic mass is 35.5. The Bertz CT molecular complexity index is 990. The number of ether oxygens (including phenoxy) is 1. The topological polar surface area (TPSA) is 49.9 Å². The van der Waals surface area contributed by atoms with Gasteiger partial charge in [-0.3, -0.25) is 14.5 Å². The van der Waals surface area contributed by atoms with Crippen molar-refractivity contribution in [1.29, 1.82) is 0 Å². The van der Waals surface area contributed by atoms with Crippen LogP contribution in [-0.2, 0) is 16.0 Å². The molecule has 0 saturated carbocycles. The lowest BCUT2D eigenvalue weighted by Crippen LogP contribution is -2.39. The molecule has 2 heterocycles. The minimum absolute atomic E-state index is 0.196. The van der Waals surface area contributed by atoms with Crippen LogP contribution in [0.5, 0.6) is 5.75 Å². The Morgan fingerprint density at radius 1 is 0.968 bits per heavy atom. The van der Waals surface area contributed by atoms with E-state index in [0.29, 0.717) is 35.2 Å². The summed E-state index contributed by atoms with van der Waals surface area (Å²) in [6, 6.07) is 14.9. The molecule has 0 unspecified atom stereocenters. The van der Waals surface area contributed by atoms with Crippen molar-refractivity contribution in [2.24, 2.45) is 5.92 Å². The molecule has 1 fully saturated rings. The molecular weight excluding hydrogens is 412 g/mol. The largest absolute Gasteiger partial charge is 0.497 e. The van der Waals surface area contributed by atoms with Crippen molar-refractivity contribution in [1.82, 2.24) is 9.80 Å². The first-order valence-electron chi connectivity index (χ1n) is 10.7. The van der Waals surface area contributed by atoms with Crippen LogP contribution in [0.4, 0.5) is 0 Å². The fourth-order valence-electron chi connectivity index (χ4n) is 4.20. The summed E-state index contributed by atoms with van der Waals surface area (Å²) in [4.78, 5) is 30.3. The maximum atomic E-state index is 13.4. The molecule has 5 nitrogen and oxygen atoms in total. The van der Waals surface area contributed by atoms with Crippen LogP contribution in [0.1, 0.15) is 30.9 Å². The van der Waals surface area contributed by atoms with Crippen molar-refractivity contribution in [2.45, 2.75) is 26.2 Å². The summed E-state index contributed by atoms with van der Waals surface area (Å²) in [5, 5.41) is 0.603. The fourth-order valence-corrected chi connectivity index (χ4v) is 4.33. The van der Waals surface area contributed by atoms with Crippen molar-refractivity contribution in [3.8, 4) is 5.75 Å². The van der Waals surface area contributed by atoms with Gasteiger partial charge in [-0.15, -0.1) is 0 Å². The van der Waals surface area contributed by atoms with Gasteiger partial charge in [0.1, 0.15) is 11.4 Å². The maximum absolute atomic E-state index is 13.4. The normalized spacial score (nSPS) is 17.6. The average molecular weight is 439 g/mol. The molecule has 31 heavy (non-hydrogen) atoms. The number of benzene rings is 2. The van der Waals surface area contributed by atoms with E-state index in [2.05, 4.69) is 11.8 Å². The maximum Gasteiger partial charge on any atom is 0.277 e. The molecular formula is C25H27ClN2O3. The molecule has 1 saturated heterocycles. The van der Waals surface area contributed by atoms with Crippen LogP contribution in [-0.4, -0.2) is 48.4 Å². The quantitative estimate of drug-likeness (QED) is 0.627. The van der Waals surface area contributed by atoms with Crippen LogP contribution in [0.2, 0.25) is 5.02 Å². The van der Waals surface area contributed by atoms with E-state index in [1.54, 1.807) is 19.2 Å². The van der Waals surface area contributed by atoms with Crippen molar-refractivity contribution in [2.75, 3.05) is 26.7 Å². The Balaban J connectivity index is 1.60. The van der Waals surface area contributed by atoms with Gasteiger partial charge in [0.05, 0.1) is 12.7 Å². The van der Waals surface area contributed by atoms with E-state index in [-0.39, 0.29) is 11.8 Å². The minimum Gasteiger partial charge on any atom is -0.497 e. The molecule has 0 N–H and O–H groups in total. The first kappa shape index (κ1) is 21.4. The zero-order valence-corrected chi connectivity index (χ0v) is 18.7. The number of halogens is 1. The van der Waals surface area contributed by atoms with Crippen LogP contribution < -0.4 is 4.74 Å². The number of rotatable bonds is 6. The number of hydrogen-bond acceptors (Lipinski definition) is 4. The Labute approximate surface area is 188 Å². The van der Waals surface area contributed by atoms with Gasteiger partial charge in [-0.1, -0.05) is 42.8 Å². The molecule has 2 amide bonds. The summed E-state index contributed by atoms with van der Waals surface area (Å²) in [6.07, 6.45) is 2.63. The number of imide groups is 1. The minimum atomic E-state index is -0.227. The summed E-state index contributed by atoms with van der Waals surface area (Å²) in [7, 11) is 1.63. The van der Waals surface area contributed by atoms with E-state index in [1.807, 2.05) is 36.4 Å². The molecule has 0 radical (unpaired) electrons. The van der Waals surface area contributed by atoms with Crippen molar-refractivity contribution in [3.05, 3.63) is 70.4 Å². The molecule has 2 aromatic rings. The smallest absolute Gasteiger partial charge is 0.277 e. The third-order valence-corrected chi connectivity index (χ3v) is 6.41. The van der Waals surface area contributed by atoms with Crippen LogP contribution in [0.25, 0.3) is 5.57 Å². The van der Waals surface area contributed by atoms with Crippen molar-refractivity contribution in [3.63, 3.8) is 0 Å². The zero-order valence-electron chi connectivity index (χ0n) is 17.9. The number of amides is 2. The Kier molecular flexibility index (Phi) is 6.33. The standard InChI is InChI=1S/C25H27ClN2O3/c1-17-11-14-27(15-12-17)23-22(19-5-7-20(26)8-6-19)24(29)28(25(23)30)16-13-18-3-9-21(31-2)10-4-18/h3-10,17H,11-16H2,1-2H3. The van der Waals surface area contributed by atoms with Gasteiger partial charge >= 0.3 is 0 Å². The van der Waals surface area contributed by atoms with E-state index < -0.39 is 0 Å². The van der Waals surface area contributed by atoms with Crippen molar-refractivity contribution >= 4 is 29.0 Å². The van der Waals surface area contributed by atoms with Gasteiger partial charge in [-0.05, 0) is 60.6 Å². The van der Waals surface area contributed by atoms with E-state index in [1.165, 1.54) is 4.90 Å². The highest BCUT2D eigenvalue weighted by Gasteiger charge is 2.41.